The van der Waals surface area contributed by atoms with Crippen LogP contribution in [0.25, 0.3) is 0 Å². The van der Waals surface area contributed by atoms with Crippen LogP contribution in [0.3, 0.4) is 0 Å². The number of hydrogen-bond acceptors (Lipinski definition) is 5. The van der Waals surface area contributed by atoms with Crippen molar-refractivity contribution in [1.29, 1.82) is 0 Å². The van der Waals surface area contributed by atoms with Crippen LogP contribution in [0.5, 0.6) is 5.75 Å². The molecule has 0 aromatic heterocycles. The molecule has 0 spiro atoms. The van der Waals surface area contributed by atoms with Crippen molar-refractivity contribution in [3.63, 3.8) is 0 Å². The second-order valence-electron chi connectivity index (χ2n) is 5.89. The van der Waals surface area contributed by atoms with Gasteiger partial charge in [0.2, 0.25) is 0 Å². The number of carboxylic acids is 1. The van der Waals surface area contributed by atoms with Gasteiger partial charge < -0.3 is 19.4 Å². The second kappa shape index (κ2) is 13.9. The molecule has 2 unspecified atom stereocenters. The van der Waals surface area contributed by atoms with E-state index in [1.165, 1.54) is 6.08 Å². The molecule has 0 heterocycles. The molecule has 0 fully saturated rings. The van der Waals surface area contributed by atoms with Crippen molar-refractivity contribution in [2.45, 2.75) is 38.4 Å². The smallest absolute Gasteiger partial charge is 0.545 e. The number of carbonyl (C=O) groups is 2. The van der Waals surface area contributed by atoms with Crippen molar-refractivity contribution in [3.8, 4) is 5.75 Å². The number of rotatable bonds is 10. The minimum Gasteiger partial charge on any atom is -0.545 e. The monoisotopic (exact) mass is 434 g/mol. The molecule has 1 aromatic rings. The zero-order valence-corrected chi connectivity index (χ0v) is 19.6. The molecule has 146 valence electrons. The molecular formula is C20H21Cl2NaO5. The average molecular weight is 435 g/mol. The molecular weight excluding hydrogens is 414 g/mol. The molecule has 5 nitrogen and oxygen atoms in total. The molecule has 0 N–H and O–H groups in total. The number of ether oxygens (including phenoxy) is 2. The normalized spacial score (nSPS) is 13.4. The maximum atomic E-state index is 12.2. The summed E-state index contributed by atoms with van der Waals surface area (Å²) in [5, 5.41) is 10.9. The predicted octanol–water partition coefficient (Wildman–Crippen LogP) is 0.808. The van der Waals surface area contributed by atoms with Gasteiger partial charge in [0.05, 0.1) is 5.97 Å². The maximum Gasteiger partial charge on any atom is 1.00 e. The fourth-order valence-electron chi connectivity index (χ4n) is 2.01. The number of benzene rings is 1. The topological polar surface area (TPSA) is 75.7 Å². The van der Waals surface area contributed by atoms with Gasteiger partial charge >= 0.3 is 35.5 Å². The van der Waals surface area contributed by atoms with E-state index in [9.17, 15) is 14.7 Å². The van der Waals surface area contributed by atoms with Crippen LogP contribution in [0, 0.1) is 0 Å². The zero-order valence-electron chi connectivity index (χ0n) is 16.1. The van der Waals surface area contributed by atoms with E-state index >= 15 is 0 Å². The van der Waals surface area contributed by atoms with Crippen molar-refractivity contribution in [1.82, 2.24) is 0 Å². The summed E-state index contributed by atoms with van der Waals surface area (Å²) in [7, 11) is 0. The Labute approximate surface area is 197 Å². The largest absolute Gasteiger partial charge is 1.00 e. The Hall–Kier alpha value is -1.24. The number of esters is 1. The van der Waals surface area contributed by atoms with Gasteiger partial charge in [0.15, 0.2) is 0 Å². The Morgan fingerprint density at radius 3 is 2.39 bits per heavy atom. The Balaban J connectivity index is 0.00000729. The van der Waals surface area contributed by atoms with Crippen molar-refractivity contribution in [3.05, 3.63) is 65.2 Å². The number of allylic oxidation sites excluding steroid dienone is 3. The van der Waals surface area contributed by atoms with E-state index in [1.807, 2.05) is 6.92 Å². The van der Waals surface area contributed by atoms with E-state index < -0.39 is 23.6 Å². The van der Waals surface area contributed by atoms with Crippen molar-refractivity contribution < 1.29 is 53.7 Å². The second-order valence-corrected chi connectivity index (χ2v) is 6.72. The fraction of sp³-hybridized carbons (Fsp3) is 0.300. The van der Waals surface area contributed by atoms with Crippen LogP contribution < -0.4 is 39.4 Å². The molecule has 28 heavy (non-hydrogen) atoms. The van der Waals surface area contributed by atoms with Gasteiger partial charge in [-0.25, -0.2) is 4.79 Å². The molecule has 0 amide bonds. The SMILES string of the molecule is C=C(C)C(CCC(C)=CC=CC(=O)[O-])OC(=O)C(Cl)Oc1ccc(Cl)cc1.[Na+]. The molecule has 0 saturated carbocycles. The predicted molar refractivity (Wildman–Crippen MR) is 104 cm³/mol. The third-order valence-electron chi connectivity index (χ3n) is 3.46. The first-order valence-corrected chi connectivity index (χ1v) is 8.97. The molecule has 0 aliphatic rings. The summed E-state index contributed by atoms with van der Waals surface area (Å²) in [4.78, 5) is 22.5. The minimum atomic E-state index is -1.31. The molecule has 0 aliphatic heterocycles. The van der Waals surface area contributed by atoms with E-state index in [2.05, 4.69) is 6.58 Å². The van der Waals surface area contributed by atoms with Crippen molar-refractivity contribution in [2.75, 3.05) is 0 Å². The summed E-state index contributed by atoms with van der Waals surface area (Å²) in [6, 6.07) is 6.42. The molecule has 0 radical (unpaired) electrons. The first-order chi connectivity index (χ1) is 12.7. The van der Waals surface area contributed by atoms with Gasteiger partial charge in [-0.05, 0) is 62.6 Å². The van der Waals surface area contributed by atoms with Gasteiger partial charge in [-0.2, -0.15) is 0 Å². The maximum absolute atomic E-state index is 12.2. The number of carbonyl (C=O) groups excluding carboxylic acids is 2. The number of alkyl halides is 1. The van der Waals surface area contributed by atoms with Gasteiger partial charge in [0.25, 0.3) is 5.56 Å². The summed E-state index contributed by atoms with van der Waals surface area (Å²) < 4.78 is 10.7. The van der Waals surface area contributed by atoms with Crippen LogP contribution in [0.2, 0.25) is 5.02 Å². The standard InChI is InChI=1S/C20H22Cl2O5.Na/c1-13(2)17(12-7-14(3)5-4-6-18(23)24)27-20(25)19(22)26-16-10-8-15(21)9-11-16;/h4-6,8-11,17,19H,1,7,12H2,2-3H3,(H,23,24);/q;+1/p-1. The Morgan fingerprint density at radius 1 is 1.25 bits per heavy atom. The van der Waals surface area contributed by atoms with Crippen LogP contribution in [-0.4, -0.2) is 23.6 Å². The first-order valence-electron chi connectivity index (χ1n) is 8.16. The molecule has 1 rings (SSSR count). The van der Waals surface area contributed by atoms with Gasteiger partial charge in [-0.1, -0.05) is 47.5 Å². The van der Waals surface area contributed by atoms with E-state index in [0.29, 0.717) is 29.2 Å². The summed E-state index contributed by atoms with van der Waals surface area (Å²) >= 11 is 11.8. The number of aliphatic carboxylic acids is 1. The molecule has 2 atom stereocenters. The van der Waals surface area contributed by atoms with E-state index in [4.69, 9.17) is 32.7 Å². The molecule has 0 bridgehead atoms. The van der Waals surface area contributed by atoms with Crippen LogP contribution in [0.4, 0.5) is 0 Å². The molecule has 8 heteroatoms. The summed E-state index contributed by atoms with van der Waals surface area (Å²) in [5.74, 6) is -1.60. The van der Waals surface area contributed by atoms with Gasteiger partial charge in [-0.15, -0.1) is 0 Å². The molecule has 0 aliphatic carbocycles. The number of carboxylic acid groups (broad SMARTS) is 1. The van der Waals surface area contributed by atoms with Crippen LogP contribution in [-0.2, 0) is 14.3 Å². The summed E-state index contributed by atoms with van der Waals surface area (Å²) in [5.41, 5.74) is 0.266. The summed E-state index contributed by atoms with van der Waals surface area (Å²) in [6.45, 7) is 7.41. The van der Waals surface area contributed by atoms with Crippen molar-refractivity contribution in [2.24, 2.45) is 0 Å². The first kappa shape index (κ1) is 26.8. The zero-order chi connectivity index (χ0) is 20.4. The van der Waals surface area contributed by atoms with Gasteiger partial charge in [0.1, 0.15) is 11.9 Å². The van der Waals surface area contributed by atoms with E-state index in [1.54, 1.807) is 37.3 Å². The minimum absolute atomic E-state index is 0. The van der Waals surface area contributed by atoms with Crippen LogP contribution in [0.1, 0.15) is 26.7 Å². The van der Waals surface area contributed by atoms with E-state index in [0.717, 1.165) is 11.6 Å². The fourth-order valence-corrected chi connectivity index (χ4v) is 2.29. The Kier molecular flexibility index (Phi) is 13.2. The Bertz CT molecular complexity index is 729. The quantitative estimate of drug-likeness (QED) is 0.136. The molecule has 0 saturated heterocycles. The molecule has 1 aromatic carbocycles. The van der Waals surface area contributed by atoms with Gasteiger partial charge in [0, 0.05) is 5.02 Å². The Morgan fingerprint density at radius 2 is 1.86 bits per heavy atom. The third kappa shape index (κ3) is 10.9. The number of halogens is 2. The van der Waals surface area contributed by atoms with Gasteiger partial charge in [-0.3, -0.25) is 0 Å². The third-order valence-corrected chi connectivity index (χ3v) is 3.98. The summed E-state index contributed by atoms with van der Waals surface area (Å²) in [6.07, 6.45) is 4.50. The van der Waals surface area contributed by atoms with Crippen LogP contribution in [0.15, 0.2) is 60.2 Å². The number of hydrogen-bond donors (Lipinski definition) is 0. The average Bonchev–Trinajstić information content (AvgIpc) is 2.59. The van der Waals surface area contributed by atoms with E-state index in [-0.39, 0.29) is 29.6 Å². The van der Waals surface area contributed by atoms with Crippen molar-refractivity contribution >= 4 is 35.1 Å². The van der Waals surface area contributed by atoms with Crippen LogP contribution >= 0.6 is 23.2 Å².